The third-order valence-corrected chi connectivity index (χ3v) is 7.61. The zero-order valence-electron chi connectivity index (χ0n) is 24.8. The number of H-pyrrole nitrogens is 1. The van der Waals surface area contributed by atoms with E-state index in [-0.39, 0.29) is 12.5 Å². The Balaban J connectivity index is 1.26. The van der Waals surface area contributed by atoms with Gasteiger partial charge in [0.1, 0.15) is 24.1 Å². The zero-order chi connectivity index (χ0) is 29.6. The van der Waals surface area contributed by atoms with Crippen molar-refractivity contribution >= 4 is 28.8 Å². The maximum absolute atomic E-state index is 12.5. The standard InChI is InChI=1S/C29H49N7O5/c1-19(2)14-12-10-8-6-4-5-7-9-11-13-15-21(37)30-16-22(38)35-23-20(3)41-29(26(40)25(23)39)36-28-24-27(32-17-31-24)33-18-34-28/h17-20,23,25-26,29,39-40H,4-16H2,1-3H3,(H,30,37)(H,35,38)(H2,31,32,33,34,36)/t20-,23+,25+,26+,29-/m1/s1. The lowest BCUT2D eigenvalue weighted by Crippen LogP contribution is -2.64. The van der Waals surface area contributed by atoms with Gasteiger partial charge in [-0.05, 0) is 19.3 Å². The Bertz CT molecular complexity index is 1070. The van der Waals surface area contributed by atoms with Gasteiger partial charge in [-0.15, -0.1) is 0 Å². The van der Waals surface area contributed by atoms with E-state index in [0.717, 1.165) is 25.2 Å². The van der Waals surface area contributed by atoms with Crippen molar-refractivity contribution in [2.24, 2.45) is 5.92 Å². The van der Waals surface area contributed by atoms with E-state index in [1.165, 1.54) is 64.0 Å². The van der Waals surface area contributed by atoms with Gasteiger partial charge in [-0.2, -0.15) is 0 Å². The molecule has 5 atom stereocenters. The van der Waals surface area contributed by atoms with Crippen LogP contribution < -0.4 is 16.0 Å². The molecule has 0 bridgehead atoms. The van der Waals surface area contributed by atoms with Gasteiger partial charge < -0.3 is 35.9 Å². The summed E-state index contributed by atoms with van der Waals surface area (Å²) >= 11 is 0. The number of rotatable bonds is 18. The van der Waals surface area contributed by atoms with Crippen molar-refractivity contribution < 1.29 is 24.5 Å². The molecule has 2 amide bonds. The SMILES string of the molecule is CC(C)CCCCCCCCCCCCC(=O)NCC(=O)N[C@@H]1[C@H](O)[C@H](O)[C@H](Nc2ncnc3nc[nH]c23)O[C@@H]1C. The summed E-state index contributed by atoms with van der Waals surface area (Å²) in [6, 6.07) is -0.856. The molecule has 2 aromatic rings. The van der Waals surface area contributed by atoms with Crippen molar-refractivity contribution in [1.29, 1.82) is 0 Å². The topological polar surface area (TPSA) is 174 Å². The lowest BCUT2D eigenvalue weighted by Gasteiger charge is -2.42. The number of aliphatic hydroxyl groups excluding tert-OH is 2. The Labute approximate surface area is 242 Å². The Hall–Kier alpha value is -2.83. The van der Waals surface area contributed by atoms with Gasteiger partial charge in [0.15, 0.2) is 17.7 Å². The quantitative estimate of drug-likeness (QED) is 0.146. The van der Waals surface area contributed by atoms with Crippen LogP contribution in [0.1, 0.15) is 97.8 Å². The summed E-state index contributed by atoms with van der Waals surface area (Å²) in [6.07, 6.45) is 12.3. The molecule has 0 saturated carbocycles. The first-order valence-corrected chi connectivity index (χ1v) is 15.2. The van der Waals surface area contributed by atoms with Crippen LogP contribution in [-0.4, -0.2) is 79.1 Å². The minimum absolute atomic E-state index is 0.172. The maximum Gasteiger partial charge on any atom is 0.239 e. The predicted octanol–water partition coefficient (Wildman–Crippen LogP) is 3.17. The van der Waals surface area contributed by atoms with Crippen LogP contribution in [0.3, 0.4) is 0 Å². The molecule has 230 valence electrons. The lowest BCUT2D eigenvalue weighted by atomic mass is 9.96. The Kier molecular flexibility index (Phi) is 13.7. The van der Waals surface area contributed by atoms with Crippen molar-refractivity contribution in [1.82, 2.24) is 30.6 Å². The average Bonchev–Trinajstić information content (AvgIpc) is 3.43. The fraction of sp³-hybridized carbons (Fsp3) is 0.759. The average molecular weight is 576 g/mol. The predicted molar refractivity (Wildman–Crippen MR) is 157 cm³/mol. The first kappa shape index (κ1) is 32.7. The van der Waals surface area contributed by atoms with Gasteiger partial charge in [-0.25, -0.2) is 15.0 Å². The van der Waals surface area contributed by atoms with Gasteiger partial charge in [0.05, 0.1) is 25.0 Å². The molecule has 6 N–H and O–H groups in total. The molecule has 0 aliphatic carbocycles. The summed E-state index contributed by atoms with van der Waals surface area (Å²) in [6.45, 7) is 6.04. The van der Waals surface area contributed by atoms with Gasteiger partial charge in [-0.1, -0.05) is 78.1 Å². The van der Waals surface area contributed by atoms with Crippen molar-refractivity contribution in [2.75, 3.05) is 11.9 Å². The van der Waals surface area contributed by atoms with E-state index < -0.39 is 36.5 Å². The van der Waals surface area contributed by atoms with E-state index in [4.69, 9.17) is 4.74 Å². The first-order chi connectivity index (χ1) is 19.8. The number of hydrogen-bond acceptors (Lipinski definition) is 9. The number of nitrogens with one attached hydrogen (secondary N) is 4. The number of nitrogens with zero attached hydrogens (tertiary/aromatic N) is 3. The second-order valence-electron chi connectivity index (χ2n) is 11.5. The molecule has 1 aliphatic rings. The molecule has 41 heavy (non-hydrogen) atoms. The van der Waals surface area contributed by atoms with Crippen LogP contribution >= 0.6 is 0 Å². The molecule has 12 heteroatoms. The van der Waals surface area contributed by atoms with Gasteiger partial charge in [0.25, 0.3) is 0 Å². The molecule has 12 nitrogen and oxygen atoms in total. The molecule has 1 saturated heterocycles. The maximum atomic E-state index is 12.5. The summed E-state index contributed by atoms with van der Waals surface area (Å²) < 4.78 is 5.85. The van der Waals surface area contributed by atoms with E-state index in [1.54, 1.807) is 6.92 Å². The van der Waals surface area contributed by atoms with E-state index in [1.807, 2.05) is 0 Å². The highest BCUT2D eigenvalue weighted by Crippen LogP contribution is 2.24. The highest BCUT2D eigenvalue weighted by Gasteiger charge is 2.43. The van der Waals surface area contributed by atoms with Crippen LogP contribution in [0.5, 0.6) is 0 Å². The summed E-state index contributed by atoms with van der Waals surface area (Å²) in [5.74, 6) is 0.539. The number of carbonyl (C=O) groups excluding carboxylic acids is 2. The highest BCUT2D eigenvalue weighted by molar-refractivity contribution is 5.85. The minimum Gasteiger partial charge on any atom is -0.388 e. The fourth-order valence-electron chi connectivity index (χ4n) is 5.15. The second kappa shape index (κ2) is 17.2. The van der Waals surface area contributed by atoms with E-state index in [0.29, 0.717) is 23.4 Å². The number of hydrogen-bond donors (Lipinski definition) is 6. The molecule has 0 spiro atoms. The third kappa shape index (κ3) is 10.8. The highest BCUT2D eigenvalue weighted by atomic mass is 16.5. The van der Waals surface area contributed by atoms with Crippen LogP contribution in [0.25, 0.3) is 11.2 Å². The van der Waals surface area contributed by atoms with Crippen LogP contribution in [0.2, 0.25) is 0 Å². The lowest BCUT2D eigenvalue weighted by molar-refractivity contribution is -0.172. The number of imidazole rings is 1. The van der Waals surface area contributed by atoms with Crippen LogP contribution in [0.15, 0.2) is 12.7 Å². The minimum atomic E-state index is -1.35. The molecule has 0 unspecified atom stereocenters. The first-order valence-electron chi connectivity index (χ1n) is 15.2. The van der Waals surface area contributed by atoms with E-state index in [2.05, 4.69) is 49.7 Å². The number of aromatic amines is 1. The van der Waals surface area contributed by atoms with E-state index in [9.17, 15) is 19.8 Å². The largest absolute Gasteiger partial charge is 0.388 e. The molecule has 1 fully saturated rings. The van der Waals surface area contributed by atoms with Crippen molar-refractivity contribution in [3.63, 3.8) is 0 Å². The normalized spacial score (nSPS) is 22.6. The Morgan fingerprint density at radius 1 is 0.927 bits per heavy atom. The summed E-state index contributed by atoms with van der Waals surface area (Å²) in [5, 5.41) is 29.7. The number of ether oxygens (including phenoxy) is 1. The van der Waals surface area contributed by atoms with Gasteiger partial charge >= 0.3 is 0 Å². The zero-order valence-corrected chi connectivity index (χ0v) is 24.8. The fourth-order valence-corrected chi connectivity index (χ4v) is 5.15. The van der Waals surface area contributed by atoms with Gasteiger partial charge in [-0.3, -0.25) is 9.59 Å². The van der Waals surface area contributed by atoms with Crippen molar-refractivity contribution in [3.8, 4) is 0 Å². The van der Waals surface area contributed by atoms with Crippen LogP contribution in [0, 0.1) is 5.92 Å². The Morgan fingerprint density at radius 2 is 1.59 bits per heavy atom. The molecule has 3 rings (SSSR count). The smallest absolute Gasteiger partial charge is 0.239 e. The molecular weight excluding hydrogens is 526 g/mol. The van der Waals surface area contributed by atoms with Gasteiger partial charge in [0, 0.05) is 6.42 Å². The summed E-state index contributed by atoms with van der Waals surface area (Å²) in [5.41, 5.74) is 0.983. The molecule has 3 heterocycles. The van der Waals surface area contributed by atoms with E-state index >= 15 is 0 Å². The number of carbonyl (C=O) groups is 2. The molecule has 2 aromatic heterocycles. The number of fused-ring (bicyclic) bond motifs is 1. The summed E-state index contributed by atoms with van der Waals surface area (Å²) in [7, 11) is 0. The molecule has 0 radical (unpaired) electrons. The second-order valence-corrected chi connectivity index (χ2v) is 11.5. The van der Waals surface area contributed by atoms with Crippen molar-refractivity contribution in [3.05, 3.63) is 12.7 Å². The number of anilines is 1. The molecular formula is C29H49N7O5. The monoisotopic (exact) mass is 575 g/mol. The number of unbranched alkanes of at least 4 members (excludes halogenated alkanes) is 9. The number of amides is 2. The Morgan fingerprint density at radius 3 is 2.27 bits per heavy atom. The van der Waals surface area contributed by atoms with Crippen molar-refractivity contribution in [2.45, 2.75) is 128 Å². The van der Waals surface area contributed by atoms with Gasteiger partial charge in [0.2, 0.25) is 11.8 Å². The molecule has 0 aromatic carbocycles. The third-order valence-electron chi connectivity index (χ3n) is 7.61. The summed E-state index contributed by atoms with van der Waals surface area (Å²) in [4.78, 5) is 39.8. The number of aliphatic hydroxyl groups is 2. The number of aromatic nitrogens is 4. The molecule has 1 aliphatic heterocycles. The van der Waals surface area contributed by atoms with Crippen LogP contribution in [0.4, 0.5) is 5.82 Å². The van der Waals surface area contributed by atoms with Crippen LogP contribution in [-0.2, 0) is 14.3 Å².